The lowest BCUT2D eigenvalue weighted by atomic mass is 10.1. The highest BCUT2D eigenvalue weighted by molar-refractivity contribution is 4.97. The number of unbranched alkanes of at least 4 members (excludes halogenated alkanes) is 5. The second-order valence-corrected chi connectivity index (χ2v) is 5.49. The molecule has 2 fully saturated rings. The fourth-order valence-electron chi connectivity index (χ4n) is 2.85. The molecule has 2 saturated heterocycles. The summed E-state index contributed by atoms with van der Waals surface area (Å²) in [4.78, 5) is 0. The zero-order chi connectivity index (χ0) is 12.8. The Balaban J connectivity index is 1.52. The van der Waals surface area contributed by atoms with E-state index in [1.165, 1.54) is 38.5 Å². The van der Waals surface area contributed by atoms with E-state index in [9.17, 15) is 5.11 Å². The van der Waals surface area contributed by atoms with Crippen LogP contribution in [0.3, 0.4) is 0 Å². The van der Waals surface area contributed by atoms with Crippen molar-refractivity contribution >= 4 is 0 Å². The number of rotatable bonds is 8. The lowest BCUT2D eigenvalue weighted by Gasteiger charge is -2.17. The average molecular weight is 257 g/mol. The summed E-state index contributed by atoms with van der Waals surface area (Å²) in [7, 11) is 0. The predicted octanol–water partition coefficient (Wildman–Crippen LogP) is 1.46. The summed E-state index contributed by atoms with van der Waals surface area (Å²) in [5, 5.41) is 13.1. The van der Waals surface area contributed by atoms with Gasteiger partial charge in [0.2, 0.25) is 0 Å². The molecule has 0 amide bonds. The second kappa shape index (κ2) is 7.43. The highest BCUT2D eigenvalue weighted by Gasteiger charge is 2.46. The van der Waals surface area contributed by atoms with Crippen molar-refractivity contribution in [3.05, 3.63) is 0 Å². The first-order valence-electron chi connectivity index (χ1n) is 7.47. The van der Waals surface area contributed by atoms with Gasteiger partial charge in [-0.25, -0.2) is 0 Å². The van der Waals surface area contributed by atoms with E-state index in [1.54, 1.807) is 0 Å². The van der Waals surface area contributed by atoms with Crippen molar-refractivity contribution in [3.63, 3.8) is 0 Å². The van der Waals surface area contributed by atoms with Crippen LogP contribution in [0.1, 0.15) is 45.4 Å². The largest absolute Gasteiger partial charge is 0.388 e. The zero-order valence-electron chi connectivity index (χ0n) is 11.4. The van der Waals surface area contributed by atoms with Crippen LogP contribution in [0.2, 0.25) is 0 Å². The van der Waals surface area contributed by atoms with Crippen molar-refractivity contribution in [1.29, 1.82) is 0 Å². The summed E-state index contributed by atoms with van der Waals surface area (Å²) in [5.41, 5.74) is 0. The van der Waals surface area contributed by atoms with Crippen molar-refractivity contribution in [2.75, 3.05) is 19.8 Å². The number of aliphatic hydroxyl groups excluding tert-OH is 1. The Labute approximate surface area is 110 Å². The molecule has 2 heterocycles. The van der Waals surface area contributed by atoms with Gasteiger partial charge in [-0.2, -0.15) is 0 Å². The van der Waals surface area contributed by atoms with Crippen LogP contribution in [0.5, 0.6) is 0 Å². The van der Waals surface area contributed by atoms with Gasteiger partial charge in [-0.05, 0) is 13.0 Å². The van der Waals surface area contributed by atoms with Gasteiger partial charge in [-0.1, -0.05) is 39.0 Å². The minimum absolute atomic E-state index is 0.0556. The van der Waals surface area contributed by atoms with Gasteiger partial charge in [0.15, 0.2) is 0 Å². The molecule has 18 heavy (non-hydrogen) atoms. The monoisotopic (exact) mass is 257 g/mol. The van der Waals surface area contributed by atoms with Crippen LogP contribution in [-0.4, -0.2) is 49.2 Å². The smallest absolute Gasteiger partial charge is 0.113 e. The molecule has 4 atom stereocenters. The van der Waals surface area contributed by atoms with E-state index in [2.05, 4.69) is 12.2 Å². The second-order valence-electron chi connectivity index (χ2n) is 5.49. The molecule has 0 spiro atoms. The fraction of sp³-hybridized carbons (Fsp3) is 1.00. The molecule has 106 valence electrons. The average Bonchev–Trinajstić information content (AvgIpc) is 2.93. The Morgan fingerprint density at radius 1 is 1.00 bits per heavy atom. The van der Waals surface area contributed by atoms with Crippen molar-refractivity contribution in [3.8, 4) is 0 Å². The quantitative estimate of drug-likeness (QED) is 0.646. The fourth-order valence-corrected chi connectivity index (χ4v) is 2.85. The van der Waals surface area contributed by atoms with E-state index in [4.69, 9.17) is 9.47 Å². The minimum Gasteiger partial charge on any atom is -0.388 e. The number of ether oxygens (including phenoxy) is 2. The van der Waals surface area contributed by atoms with Crippen LogP contribution >= 0.6 is 0 Å². The molecule has 2 aliphatic heterocycles. The van der Waals surface area contributed by atoms with Gasteiger partial charge >= 0.3 is 0 Å². The van der Waals surface area contributed by atoms with Gasteiger partial charge in [0, 0.05) is 0 Å². The molecule has 0 radical (unpaired) electrons. The summed E-state index contributed by atoms with van der Waals surface area (Å²) in [6.07, 6.45) is 7.42. The van der Waals surface area contributed by atoms with Crippen molar-refractivity contribution < 1.29 is 14.6 Å². The molecule has 0 unspecified atom stereocenters. The molecule has 0 bridgehead atoms. The van der Waals surface area contributed by atoms with Gasteiger partial charge in [0.25, 0.3) is 0 Å². The van der Waals surface area contributed by atoms with Crippen LogP contribution in [0.4, 0.5) is 0 Å². The predicted molar refractivity (Wildman–Crippen MR) is 70.7 cm³/mol. The molecule has 0 aromatic carbocycles. The summed E-state index contributed by atoms with van der Waals surface area (Å²) in [5.74, 6) is 0. The van der Waals surface area contributed by atoms with E-state index in [1.807, 2.05) is 0 Å². The first-order chi connectivity index (χ1) is 8.83. The third-order valence-electron chi connectivity index (χ3n) is 3.96. The number of hydrogen-bond donors (Lipinski definition) is 2. The molecule has 4 heteroatoms. The van der Waals surface area contributed by atoms with Gasteiger partial charge in [0.05, 0.1) is 19.3 Å². The van der Waals surface area contributed by atoms with Crippen molar-refractivity contribution in [1.82, 2.24) is 5.32 Å². The topological polar surface area (TPSA) is 50.7 Å². The van der Waals surface area contributed by atoms with Crippen molar-refractivity contribution in [2.45, 2.75) is 69.8 Å². The van der Waals surface area contributed by atoms with E-state index in [-0.39, 0.29) is 18.2 Å². The molecular weight excluding hydrogens is 230 g/mol. The molecule has 0 aliphatic carbocycles. The van der Waals surface area contributed by atoms with Gasteiger partial charge < -0.3 is 19.9 Å². The Bertz CT molecular complexity index is 237. The van der Waals surface area contributed by atoms with Gasteiger partial charge in [-0.3, -0.25) is 0 Å². The third-order valence-corrected chi connectivity index (χ3v) is 3.96. The molecule has 0 saturated carbocycles. The van der Waals surface area contributed by atoms with Crippen LogP contribution in [-0.2, 0) is 9.47 Å². The molecule has 0 aromatic rings. The molecule has 2 aliphatic rings. The standard InChI is InChI=1S/C14H27NO3/c1-2-3-4-5-6-7-8-15-11-9-17-14-12(16)10-18-13(11)14/h11-16H,2-10H2,1H3/t11-,12+,13+,14+/m0/s1. The SMILES string of the molecule is CCCCCCCCN[C@H]1CO[C@H]2[C@@H]1OC[C@H]2O. The lowest BCUT2D eigenvalue weighted by Crippen LogP contribution is -2.41. The summed E-state index contributed by atoms with van der Waals surface area (Å²) < 4.78 is 11.1. The molecule has 4 nitrogen and oxygen atoms in total. The third kappa shape index (κ3) is 3.67. The van der Waals surface area contributed by atoms with E-state index >= 15 is 0 Å². The first-order valence-corrected chi connectivity index (χ1v) is 7.47. The Kier molecular flexibility index (Phi) is 5.89. The molecule has 0 aromatic heterocycles. The Hall–Kier alpha value is -0.160. The maximum Gasteiger partial charge on any atom is 0.113 e. The highest BCUT2D eigenvalue weighted by Crippen LogP contribution is 2.26. The zero-order valence-corrected chi connectivity index (χ0v) is 11.4. The number of nitrogens with one attached hydrogen (secondary N) is 1. The maximum absolute atomic E-state index is 9.63. The number of fused-ring (bicyclic) bond motifs is 1. The maximum atomic E-state index is 9.63. The molecular formula is C14H27NO3. The van der Waals surface area contributed by atoms with Crippen LogP contribution in [0.15, 0.2) is 0 Å². The molecule has 2 N–H and O–H groups in total. The Morgan fingerprint density at radius 3 is 2.56 bits per heavy atom. The number of hydrogen-bond acceptors (Lipinski definition) is 4. The van der Waals surface area contributed by atoms with E-state index in [0.717, 1.165) is 6.54 Å². The summed E-state index contributed by atoms with van der Waals surface area (Å²) in [6.45, 7) is 4.36. The normalized spacial score (nSPS) is 35.0. The summed E-state index contributed by atoms with van der Waals surface area (Å²) >= 11 is 0. The highest BCUT2D eigenvalue weighted by atomic mass is 16.6. The van der Waals surface area contributed by atoms with Crippen molar-refractivity contribution in [2.24, 2.45) is 0 Å². The molecule has 2 rings (SSSR count). The van der Waals surface area contributed by atoms with Crippen LogP contribution < -0.4 is 5.32 Å². The van der Waals surface area contributed by atoms with E-state index in [0.29, 0.717) is 13.2 Å². The number of aliphatic hydroxyl groups is 1. The minimum atomic E-state index is -0.434. The Morgan fingerprint density at radius 2 is 1.72 bits per heavy atom. The van der Waals surface area contributed by atoms with E-state index < -0.39 is 6.10 Å². The van der Waals surface area contributed by atoms with Crippen LogP contribution in [0.25, 0.3) is 0 Å². The van der Waals surface area contributed by atoms with Gasteiger partial charge in [0.1, 0.15) is 18.3 Å². The van der Waals surface area contributed by atoms with Gasteiger partial charge in [-0.15, -0.1) is 0 Å². The summed E-state index contributed by atoms with van der Waals surface area (Å²) in [6, 6.07) is 0.266. The van der Waals surface area contributed by atoms with Crippen LogP contribution in [0, 0.1) is 0 Å². The lowest BCUT2D eigenvalue weighted by molar-refractivity contribution is 0.0178. The first kappa shape index (κ1) is 14.3.